The van der Waals surface area contributed by atoms with E-state index in [2.05, 4.69) is 37.8 Å². The molecule has 4 N–H and O–H groups in total. The van der Waals surface area contributed by atoms with Crippen LogP contribution in [0.15, 0.2) is 73.1 Å². The first-order chi connectivity index (χ1) is 17.3. The van der Waals surface area contributed by atoms with Crippen LogP contribution in [0.1, 0.15) is 35.3 Å². The van der Waals surface area contributed by atoms with Crippen molar-refractivity contribution in [2.45, 2.75) is 19.1 Å². The molecule has 4 aromatic rings. The molecule has 0 aliphatic carbocycles. The monoisotopic (exact) mass is 501 g/mol. The number of nitrogens with two attached hydrogens (primary N) is 1. The molecule has 0 aliphatic rings. The number of hydrazine groups is 1. The molecule has 0 aliphatic heterocycles. The summed E-state index contributed by atoms with van der Waals surface area (Å²) in [6.07, 6.45) is 4.10. The Morgan fingerprint density at radius 1 is 0.972 bits per heavy atom. The number of hydrogen-bond donors (Lipinski definition) is 3. The zero-order valence-corrected chi connectivity index (χ0v) is 21.0. The highest BCUT2D eigenvalue weighted by atomic mass is 32.2. The number of carbonyl (C=O) groups is 1. The second-order valence-electron chi connectivity index (χ2n) is 8.00. The summed E-state index contributed by atoms with van der Waals surface area (Å²) in [7, 11) is -1.72. The molecule has 0 unspecified atom stereocenters. The predicted molar refractivity (Wildman–Crippen MR) is 144 cm³/mol. The fourth-order valence-electron chi connectivity index (χ4n) is 3.11. The Kier molecular flexibility index (Phi) is 8.86. The molecule has 4 rings (SSSR count). The summed E-state index contributed by atoms with van der Waals surface area (Å²) in [5, 5.41) is 0.216. The highest BCUT2D eigenvalue weighted by Gasteiger charge is 2.15. The van der Waals surface area contributed by atoms with Crippen molar-refractivity contribution in [3.8, 4) is 23.1 Å². The van der Waals surface area contributed by atoms with E-state index < -0.39 is 15.3 Å². The molecule has 2 aromatic carbocycles. The van der Waals surface area contributed by atoms with Crippen molar-refractivity contribution < 1.29 is 13.2 Å². The van der Waals surface area contributed by atoms with Crippen LogP contribution in [0.4, 0.5) is 5.69 Å². The number of nitrogens with zero attached hydrogens (tertiary/aromatic N) is 2. The van der Waals surface area contributed by atoms with Crippen molar-refractivity contribution >= 4 is 32.9 Å². The zero-order valence-electron chi connectivity index (χ0n) is 20.2. The van der Waals surface area contributed by atoms with Gasteiger partial charge in [-0.15, -0.1) is 0 Å². The van der Waals surface area contributed by atoms with E-state index in [9.17, 15) is 13.2 Å². The largest absolute Gasteiger partial charge is 0.298 e. The van der Waals surface area contributed by atoms with Crippen molar-refractivity contribution in [2.24, 2.45) is 5.84 Å². The SMILES string of the molecule is CC(C)S(=O)(=O)Nc1ccc(C#Cc2ccc(-c3cc(C=O)c4cnccc4n3)cc2)cc1.CNN. The molecule has 0 amide bonds. The van der Waals surface area contributed by atoms with Crippen molar-refractivity contribution in [3.05, 3.63) is 89.7 Å². The topological polar surface area (TPSA) is 127 Å². The lowest BCUT2D eigenvalue weighted by Crippen LogP contribution is -2.22. The van der Waals surface area contributed by atoms with Gasteiger partial charge in [-0.05, 0) is 69.4 Å². The molecule has 0 saturated heterocycles. The van der Waals surface area contributed by atoms with E-state index in [0.29, 0.717) is 22.5 Å². The summed E-state index contributed by atoms with van der Waals surface area (Å²) in [6.45, 7) is 3.25. The maximum absolute atomic E-state index is 12.0. The highest BCUT2D eigenvalue weighted by molar-refractivity contribution is 7.93. The lowest BCUT2D eigenvalue weighted by atomic mass is 10.0. The fraction of sp³-hybridized carbons (Fsp3) is 0.148. The van der Waals surface area contributed by atoms with Crippen LogP contribution in [0.3, 0.4) is 0 Å². The third-order valence-corrected chi connectivity index (χ3v) is 6.83. The summed E-state index contributed by atoms with van der Waals surface area (Å²) in [5.74, 6) is 10.8. The van der Waals surface area contributed by atoms with Gasteiger partial charge in [0.1, 0.15) is 0 Å². The molecule has 0 fully saturated rings. The Labute approximate surface area is 211 Å². The van der Waals surface area contributed by atoms with E-state index in [1.807, 2.05) is 24.3 Å². The molecule has 0 atom stereocenters. The minimum Gasteiger partial charge on any atom is -0.298 e. The number of anilines is 1. The van der Waals surface area contributed by atoms with Crippen molar-refractivity contribution in [1.82, 2.24) is 15.4 Å². The van der Waals surface area contributed by atoms with Gasteiger partial charge in [0.05, 0.1) is 16.5 Å². The summed E-state index contributed by atoms with van der Waals surface area (Å²) in [6, 6.07) is 18.1. The first-order valence-corrected chi connectivity index (χ1v) is 12.6. The summed E-state index contributed by atoms with van der Waals surface area (Å²) < 4.78 is 26.5. The molecule has 0 spiro atoms. The van der Waals surface area contributed by atoms with Crippen LogP contribution >= 0.6 is 0 Å². The van der Waals surface area contributed by atoms with Crippen LogP contribution in [-0.4, -0.2) is 37.0 Å². The molecule has 2 heterocycles. The van der Waals surface area contributed by atoms with Crippen LogP contribution in [-0.2, 0) is 10.0 Å². The average Bonchev–Trinajstić information content (AvgIpc) is 2.88. The lowest BCUT2D eigenvalue weighted by Gasteiger charge is -2.10. The molecular formula is C27H27N5O3S. The number of benzene rings is 2. The summed E-state index contributed by atoms with van der Waals surface area (Å²) in [5.41, 5.74) is 7.19. The van der Waals surface area contributed by atoms with Crippen LogP contribution in [0.5, 0.6) is 0 Å². The fourth-order valence-corrected chi connectivity index (χ4v) is 3.81. The smallest absolute Gasteiger partial charge is 0.235 e. The molecule has 0 bridgehead atoms. The van der Waals surface area contributed by atoms with Crippen LogP contribution in [0, 0.1) is 11.8 Å². The van der Waals surface area contributed by atoms with Gasteiger partial charge >= 0.3 is 0 Å². The Hall–Kier alpha value is -4.10. The van der Waals surface area contributed by atoms with E-state index in [1.54, 1.807) is 69.7 Å². The van der Waals surface area contributed by atoms with Gasteiger partial charge in [-0.2, -0.15) is 0 Å². The number of hydrogen-bond acceptors (Lipinski definition) is 7. The van der Waals surface area contributed by atoms with E-state index in [4.69, 9.17) is 0 Å². The molecule has 184 valence electrons. The van der Waals surface area contributed by atoms with Crippen LogP contribution in [0.25, 0.3) is 22.2 Å². The van der Waals surface area contributed by atoms with Crippen LogP contribution in [0.2, 0.25) is 0 Å². The van der Waals surface area contributed by atoms with E-state index in [0.717, 1.165) is 28.4 Å². The standard InChI is InChI=1S/C26H21N3O3S.CH6N2/c1-18(2)33(31,32)29-23-11-7-20(8-12-23)4-3-19-5-9-21(10-6-19)26-15-22(17-30)24-16-27-14-13-25(24)28-26;1-3-2/h5-18,29H,1-2H3;3H,2H2,1H3. The molecule has 0 radical (unpaired) electrons. The first-order valence-electron chi connectivity index (χ1n) is 11.1. The van der Waals surface area contributed by atoms with Gasteiger partial charge in [0, 0.05) is 45.7 Å². The number of pyridine rings is 2. The van der Waals surface area contributed by atoms with Crippen molar-refractivity contribution in [1.29, 1.82) is 0 Å². The van der Waals surface area contributed by atoms with Gasteiger partial charge in [0.2, 0.25) is 10.0 Å². The maximum atomic E-state index is 12.0. The minimum absolute atomic E-state index is 0.506. The predicted octanol–water partition coefficient (Wildman–Crippen LogP) is 3.74. The minimum atomic E-state index is -3.38. The molecule has 0 saturated carbocycles. The molecule has 8 nitrogen and oxygen atoms in total. The maximum Gasteiger partial charge on any atom is 0.235 e. The average molecular weight is 502 g/mol. The zero-order chi connectivity index (χ0) is 26.1. The Morgan fingerprint density at radius 2 is 1.56 bits per heavy atom. The van der Waals surface area contributed by atoms with Gasteiger partial charge in [-0.25, -0.2) is 13.4 Å². The Balaban J connectivity index is 0.00000115. The Morgan fingerprint density at radius 3 is 2.11 bits per heavy atom. The van der Waals surface area contributed by atoms with Crippen molar-refractivity contribution in [3.63, 3.8) is 0 Å². The number of rotatable bonds is 5. The number of aromatic nitrogens is 2. The summed E-state index contributed by atoms with van der Waals surface area (Å²) >= 11 is 0. The van der Waals surface area contributed by atoms with Gasteiger partial charge in [-0.3, -0.25) is 25.8 Å². The van der Waals surface area contributed by atoms with Crippen LogP contribution < -0.4 is 16.0 Å². The van der Waals surface area contributed by atoms with E-state index in [-0.39, 0.29) is 0 Å². The van der Waals surface area contributed by atoms with Gasteiger partial charge in [0.15, 0.2) is 6.29 Å². The van der Waals surface area contributed by atoms with Gasteiger partial charge < -0.3 is 0 Å². The van der Waals surface area contributed by atoms with E-state index >= 15 is 0 Å². The van der Waals surface area contributed by atoms with Crippen molar-refractivity contribution in [2.75, 3.05) is 11.8 Å². The second kappa shape index (κ2) is 12.0. The third kappa shape index (κ3) is 6.73. The normalized spacial score (nSPS) is 10.7. The number of fused-ring (bicyclic) bond motifs is 1. The molecule has 9 heteroatoms. The first kappa shape index (κ1) is 26.5. The number of sulfonamides is 1. The number of carbonyl (C=O) groups excluding carboxylic acids is 1. The third-order valence-electron chi connectivity index (χ3n) is 5.07. The van der Waals surface area contributed by atoms with E-state index in [1.165, 1.54) is 0 Å². The second-order valence-corrected chi connectivity index (χ2v) is 10.2. The molecular weight excluding hydrogens is 474 g/mol. The lowest BCUT2D eigenvalue weighted by molar-refractivity contribution is 0.112. The number of aldehydes is 1. The summed E-state index contributed by atoms with van der Waals surface area (Å²) in [4.78, 5) is 20.2. The highest BCUT2D eigenvalue weighted by Crippen LogP contribution is 2.23. The van der Waals surface area contributed by atoms with Gasteiger partial charge in [0.25, 0.3) is 0 Å². The van der Waals surface area contributed by atoms with Gasteiger partial charge in [-0.1, -0.05) is 24.0 Å². The number of nitrogens with one attached hydrogen (secondary N) is 2. The quantitative estimate of drug-likeness (QED) is 0.165. The molecule has 2 aromatic heterocycles. The molecule has 36 heavy (non-hydrogen) atoms. The Bertz CT molecular complexity index is 1510.